The van der Waals surface area contributed by atoms with Gasteiger partial charge < -0.3 is 19.5 Å². The number of likely N-dealkylation sites (N-methyl/N-ethyl adjacent to an activating group) is 1. The van der Waals surface area contributed by atoms with Crippen LogP contribution < -0.4 is 15.6 Å². The number of methoxy groups -OCH3 is 1. The number of ether oxygens (including phenoxy) is 1. The van der Waals surface area contributed by atoms with Gasteiger partial charge in [0.2, 0.25) is 5.91 Å². The van der Waals surface area contributed by atoms with Crippen LogP contribution in [0.1, 0.15) is 33.4 Å². The van der Waals surface area contributed by atoms with Crippen LogP contribution in [-0.2, 0) is 17.9 Å². The number of nitrogens with one attached hydrogen (secondary N) is 1. The Hall–Kier alpha value is -4.36. The predicted molar refractivity (Wildman–Crippen MR) is 156 cm³/mol. The maximum absolute atomic E-state index is 13.1. The third-order valence-corrected chi connectivity index (χ3v) is 8.81. The molecule has 3 aromatic heterocycles. The quantitative estimate of drug-likeness (QED) is 0.383. The second-order valence-electron chi connectivity index (χ2n) is 10.7. The first-order chi connectivity index (χ1) is 20.4. The fraction of sp³-hybridized carbons (Fsp3) is 0.379. The summed E-state index contributed by atoms with van der Waals surface area (Å²) in [7, 11) is 3.28. The summed E-state index contributed by atoms with van der Waals surface area (Å²) < 4.78 is 8.66. The predicted octanol–water partition coefficient (Wildman–Crippen LogP) is 1.89. The largest absolute Gasteiger partial charge is 0.497 e. The number of pyridine rings is 1. The van der Waals surface area contributed by atoms with E-state index in [1.54, 1.807) is 37.8 Å². The molecule has 12 nitrogen and oxygen atoms in total. The zero-order valence-corrected chi connectivity index (χ0v) is 24.3. The summed E-state index contributed by atoms with van der Waals surface area (Å²) in [6, 6.07) is 11.0. The molecule has 13 heteroatoms. The van der Waals surface area contributed by atoms with Crippen molar-refractivity contribution in [2.45, 2.75) is 25.6 Å². The van der Waals surface area contributed by atoms with E-state index >= 15 is 0 Å². The molecule has 1 aromatic carbocycles. The monoisotopic (exact) mass is 588 g/mol. The number of nitrogens with zero attached hydrogens (tertiary/aromatic N) is 7. The second-order valence-corrected chi connectivity index (χ2v) is 11.8. The molecule has 4 aromatic rings. The number of carbonyl (C=O) groups is 2. The lowest BCUT2D eigenvalue weighted by Crippen LogP contribution is -2.39. The van der Waals surface area contributed by atoms with Gasteiger partial charge in [0.1, 0.15) is 22.0 Å². The molecular weight excluding hydrogens is 556 g/mol. The molecule has 0 saturated carbocycles. The molecule has 218 valence electrons. The van der Waals surface area contributed by atoms with E-state index in [4.69, 9.17) is 4.74 Å². The number of thiazole rings is 1. The van der Waals surface area contributed by atoms with Crippen molar-refractivity contribution in [1.29, 1.82) is 0 Å². The average molecular weight is 589 g/mol. The van der Waals surface area contributed by atoms with Crippen molar-refractivity contribution in [1.82, 2.24) is 39.7 Å². The number of aromatic nitrogens is 5. The number of rotatable bonds is 4. The molecule has 2 atom stereocenters. The van der Waals surface area contributed by atoms with Crippen molar-refractivity contribution >= 4 is 23.2 Å². The molecule has 42 heavy (non-hydrogen) atoms. The molecule has 0 aliphatic carbocycles. The van der Waals surface area contributed by atoms with E-state index in [0.717, 1.165) is 21.2 Å². The lowest BCUT2D eigenvalue weighted by Gasteiger charge is -2.20. The number of hydrogen-bond acceptors (Lipinski definition) is 9. The number of amides is 2. The summed E-state index contributed by atoms with van der Waals surface area (Å²) in [6.45, 7) is 2.89. The third-order valence-electron chi connectivity index (χ3n) is 7.78. The Kier molecular flexibility index (Phi) is 7.85. The van der Waals surface area contributed by atoms with Crippen LogP contribution in [0.5, 0.6) is 5.75 Å². The lowest BCUT2D eigenvalue weighted by molar-refractivity contribution is -0.122. The molecule has 0 radical (unpaired) electrons. The van der Waals surface area contributed by atoms with Crippen LogP contribution in [-0.4, -0.2) is 86.5 Å². The topological polar surface area (TPSA) is 127 Å². The zero-order valence-electron chi connectivity index (χ0n) is 23.5. The SMILES string of the molecule is COc1cccc(-c2ncc(CN3C[C@@H]4CC(=O)NCCN(C)C(=O)c5cccn(c5=O)Cc5cn(nn5)[C@@H]4C3)s2)c1. The molecule has 1 saturated heterocycles. The molecule has 6 rings (SSSR count). The molecule has 2 aliphatic rings. The molecule has 1 fully saturated rings. The fourth-order valence-corrected chi connectivity index (χ4v) is 6.54. The fourth-order valence-electron chi connectivity index (χ4n) is 5.59. The van der Waals surface area contributed by atoms with Crippen molar-refractivity contribution in [2.24, 2.45) is 5.92 Å². The van der Waals surface area contributed by atoms with Gasteiger partial charge in [-0.15, -0.1) is 16.4 Å². The van der Waals surface area contributed by atoms with Gasteiger partial charge in [-0.1, -0.05) is 17.3 Å². The van der Waals surface area contributed by atoms with Crippen LogP contribution in [0.4, 0.5) is 0 Å². The number of hydrogen-bond donors (Lipinski definition) is 1. The molecule has 5 heterocycles. The highest BCUT2D eigenvalue weighted by molar-refractivity contribution is 7.15. The first-order valence-corrected chi connectivity index (χ1v) is 14.6. The summed E-state index contributed by atoms with van der Waals surface area (Å²) >= 11 is 1.64. The Morgan fingerprint density at radius 1 is 1.14 bits per heavy atom. The Balaban J connectivity index is 1.24. The minimum absolute atomic E-state index is 0.00337. The number of likely N-dealkylation sites (tertiary alicyclic amines) is 1. The van der Waals surface area contributed by atoms with Crippen LogP contribution in [0, 0.1) is 5.92 Å². The van der Waals surface area contributed by atoms with Crippen molar-refractivity contribution in [2.75, 3.05) is 40.3 Å². The number of carbonyl (C=O) groups excluding carboxylic acids is 2. The van der Waals surface area contributed by atoms with Crippen molar-refractivity contribution in [3.8, 4) is 16.3 Å². The first kappa shape index (κ1) is 27.8. The number of benzene rings is 1. The van der Waals surface area contributed by atoms with E-state index < -0.39 is 0 Å². The maximum Gasteiger partial charge on any atom is 0.263 e. The second kappa shape index (κ2) is 11.9. The van der Waals surface area contributed by atoms with E-state index in [0.29, 0.717) is 44.8 Å². The van der Waals surface area contributed by atoms with Crippen molar-refractivity contribution < 1.29 is 14.3 Å². The van der Waals surface area contributed by atoms with E-state index in [9.17, 15) is 14.4 Å². The molecule has 0 unspecified atom stereocenters. The van der Waals surface area contributed by atoms with Crippen LogP contribution >= 0.6 is 11.3 Å². The van der Waals surface area contributed by atoms with E-state index in [1.807, 2.05) is 41.3 Å². The van der Waals surface area contributed by atoms with Gasteiger partial charge in [-0.05, 0) is 24.3 Å². The van der Waals surface area contributed by atoms with Crippen molar-refractivity contribution in [3.63, 3.8) is 0 Å². The van der Waals surface area contributed by atoms with Crippen LogP contribution in [0.25, 0.3) is 10.6 Å². The minimum atomic E-state index is -0.386. The third kappa shape index (κ3) is 5.83. The summed E-state index contributed by atoms with van der Waals surface area (Å²) in [6.07, 6.45) is 5.72. The van der Waals surface area contributed by atoms with Gasteiger partial charge in [0, 0.05) is 74.9 Å². The Bertz CT molecular complexity index is 1660. The van der Waals surface area contributed by atoms with Gasteiger partial charge in [-0.2, -0.15) is 0 Å². The van der Waals surface area contributed by atoms with Gasteiger partial charge in [0.25, 0.3) is 11.5 Å². The van der Waals surface area contributed by atoms with Gasteiger partial charge >= 0.3 is 0 Å². The Morgan fingerprint density at radius 3 is 2.88 bits per heavy atom. The molecule has 2 amide bonds. The summed E-state index contributed by atoms with van der Waals surface area (Å²) in [4.78, 5) is 48.6. The smallest absolute Gasteiger partial charge is 0.263 e. The molecule has 0 spiro atoms. The van der Waals surface area contributed by atoms with E-state index in [1.165, 1.54) is 15.5 Å². The van der Waals surface area contributed by atoms with E-state index in [-0.39, 0.29) is 41.4 Å². The Morgan fingerprint density at radius 2 is 2.02 bits per heavy atom. The Labute approximate surface area is 246 Å². The highest BCUT2D eigenvalue weighted by Gasteiger charge is 2.36. The average Bonchev–Trinajstić information content (AvgIpc) is 3.74. The van der Waals surface area contributed by atoms with Crippen LogP contribution in [0.3, 0.4) is 0 Å². The van der Waals surface area contributed by atoms with Gasteiger partial charge in [-0.3, -0.25) is 19.3 Å². The molecular formula is C29H32N8O4S. The molecule has 1 N–H and O–H groups in total. The number of fused-ring (bicyclic) bond motifs is 6. The van der Waals surface area contributed by atoms with Gasteiger partial charge in [-0.25, -0.2) is 9.67 Å². The highest BCUT2D eigenvalue weighted by Crippen LogP contribution is 2.33. The minimum Gasteiger partial charge on any atom is -0.497 e. The van der Waals surface area contributed by atoms with Crippen molar-refractivity contribution in [3.05, 3.63) is 81.5 Å². The molecule has 2 aliphatic heterocycles. The maximum atomic E-state index is 13.1. The summed E-state index contributed by atoms with van der Waals surface area (Å²) in [5.74, 6) is 0.324. The van der Waals surface area contributed by atoms with E-state index in [2.05, 4.69) is 25.5 Å². The normalized spacial score (nSPS) is 19.9. The first-order valence-electron chi connectivity index (χ1n) is 13.8. The zero-order chi connectivity index (χ0) is 29.2. The van der Waals surface area contributed by atoms with Gasteiger partial charge in [0.15, 0.2) is 0 Å². The molecule has 4 bridgehead atoms. The van der Waals surface area contributed by atoms with Crippen LogP contribution in [0.2, 0.25) is 0 Å². The van der Waals surface area contributed by atoms with Gasteiger partial charge in [0.05, 0.1) is 25.9 Å². The summed E-state index contributed by atoms with van der Waals surface area (Å²) in [5, 5.41) is 12.6. The highest BCUT2D eigenvalue weighted by atomic mass is 32.1. The summed E-state index contributed by atoms with van der Waals surface area (Å²) in [5.41, 5.74) is 1.31. The lowest BCUT2D eigenvalue weighted by atomic mass is 9.99. The van der Waals surface area contributed by atoms with Crippen LogP contribution in [0.15, 0.2) is 59.8 Å². The standard InChI is InChI=1S/C29H32N8O4S/c1-34-10-8-30-26(38)12-20-14-35(17-23-13-31-27(42-23)19-5-3-6-22(11-19)41-2)18-25(20)37-16-21(32-33-37)15-36-9-4-7-24(28(34)39)29(36)40/h3-7,9,11,13,16,20,25H,8,10,12,14-15,17-18H2,1-2H3,(H,30,38)/t20-,25+/m0/s1.